The van der Waals surface area contributed by atoms with E-state index < -0.39 is 0 Å². The number of benzene rings is 2. The van der Waals surface area contributed by atoms with Gasteiger partial charge in [-0.3, -0.25) is 0 Å². The second kappa shape index (κ2) is 10.6. The lowest BCUT2D eigenvalue weighted by Crippen LogP contribution is -1.87. The lowest BCUT2D eigenvalue weighted by molar-refractivity contribution is 0.575. The van der Waals surface area contributed by atoms with Crippen molar-refractivity contribution in [1.29, 1.82) is 0 Å². The van der Waals surface area contributed by atoms with Crippen molar-refractivity contribution in [3.05, 3.63) is 58.6 Å². The molecule has 2 aromatic rings. The van der Waals surface area contributed by atoms with E-state index in [2.05, 4.69) is 71.4 Å². The summed E-state index contributed by atoms with van der Waals surface area (Å²) in [6, 6.07) is 17.6. The maximum atomic E-state index is 3.49. The highest BCUT2D eigenvalue weighted by atomic mass is 79.9. The van der Waals surface area contributed by atoms with Gasteiger partial charge in [-0.2, -0.15) is 0 Å². The molecule has 0 aliphatic rings. The van der Waals surface area contributed by atoms with Crippen molar-refractivity contribution in [2.75, 3.05) is 0 Å². The molecule has 0 aromatic heterocycles. The normalized spacial score (nSPS) is 10.9. The largest absolute Gasteiger partial charge is 0.0654 e. The molecule has 23 heavy (non-hydrogen) atoms. The minimum Gasteiger partial charge on any atom is -0.0654 e. The molecule has 0 N–H and O–H groups in total. The van der Waals surface area contributed by atoms with E-state index in [-0.39, 0.29) is 0 Å². The van der Waals surface area contributed by atoms with E-state index in [1.165, 1.54) is 74.5 Å². The molecule has 0 aliphatic heterocycles. The van der Waals surface area contributed by atoms with Gasteiger partial charge in [0.15, 0.2) is 0 Å². The summed E-state index contributed by atoms with van der Waals surface area (Å²) in [5.41, 5.74) is 4.06. The molecule has 2 aromatic carbocycles. The Bertz CT molecular complexity index is 539. The summed E-state index contributed by atoms with van der Waals surface area (Å²) < 4.78 is 1.13. The quantitative estimate of drug-likeness (QED) is 0.373. The average Bonchev–Trinajstić information content (AvgIpc) is 2.59. The smallest absolute Gasteiger partial charge is 0.0175 e. The zero-order valence-electron chi connectivity index (χ0n) is 14.4. The van der Waals surface area contributed by atoms with E-state index in [9.17, 15) is 0 Å². The van der Waals surface area contributed by atoms with Crippen LogP contribution in [0.4, 0.5) is 0 Å². The number of hydrogen-bond acceptors (Lipinski definition) is 0. The van der Waals surface area contributed by atoms with Crippen molar-refractivity contribution in [2.45, 2.75) is 64.7 Å². The van der Waals surface area contributed by atoms with Crippen LogP contribution in [-0.4, -0.2) is 0 Å². The fraction of sp³-hybridized carbons (Fsp3) is 0.455. The van der Waals surface area contributed by atoms with Crippen molar-refractivity contribution in [1.82, 2.24) is 0 Å². The number of unbranched alkanes of at least 4 members (excludes halogenated alkanes) is 7. The highest BCUT2D eigenvalue weighted by Crippen LogP contribution is 2.22. The first-order valence-corrected chi connectivity index (χ1v) is 9.94. The minimum atomic E-state index is 1.13. The van der Waals surface area contributed by atoms with Crippen LogP contribution in [0.2, 0.25) is 0 Å². The molecule has 0 aliphatic carbocycles. The molecule has 0 nitrogen and oxygen atoms in total. The topological polar surface area (TPSA) is 0 Å². The fourth-order valence-corrected chi connectivity index (χ4v) is 3.23. The average molecular weight is 373 g/mol. The van der Waals surface area contributed by atoms with Crippen LogP contribution in [0.25, 0.3) is 11.1 Å². The second-order valence-corrected chi connectivity index (χ2v) is 7.34. The van der Waals surface area contributed by atoms with Crippen molar-refractivity contribution in [3.8, 4) is 11.1 Å². The molecule has 0 heterocycles. The first-order chi connectivity index (χ1) is 11.3. The van der Waals surface area contributed by atoms with Crippen molar-refractivity contribution < 1.29 is 0 Å². The first-order valence-electron chi connectivity index (χ1n) is 9.14. The Morgan fingerprint density at radius 2 is 1.09 bits per heavy atom. The Labute approximate surface area is 150 Å². The van der Waals surface area contributed by atoms with Crippen molar-refractivity contribution >= 4 is 15.9 Å². The Morgan fingerprint density at radius 3 is 1.65 bits per heavy atom. The van der Waals surface area contributed by atoms with E-state index in [0.717, 1.165) is 4.47 Å². The summed E-state index contributed by atoms with van der Waals surface area (Å²) in [4.78, 5) is 0. The molecule has 0 amide bonds. The van der Waals surface area contributed by atoms with Gasteiger partial charge in [0.1, 0.15) is 0 Å². The van der Waals surface area contributed by atoms with E-state index in [0.29, 0.717) is 0 Å². The summed E-state index contributed by atoms with van der Waals surface area (Å²) in [5.74, 6) is 0. The summed E-state index contributed by atoms with van der Waals surface area (Å²) in [7, 11) is 0. The zero-order valence-corrected chi connectivity index (χ0v) is 15.9. The van der Waals surface area contributed by atoms with Crippen LogP contribution < -0.4 is 0 Å². The van der Waals surface area contributed by atoms with Crippen LogP contribution in [0.5, 0.6) is 0 Å². The second-order valence-electron chi connectivity index (χ2n) is 6.43. The molecule has 0 atom stereocenters. The maximum Gasteiger partial charge on any atom is 0.0175 e. The molecule has 2 rings (SSSR count). The van der Waals surface area contributed by atoms with Crippen LogP contribution in [0.1, 0.15) is 63.9 Å². The van der Waals surface area contributed by atoms with E-state index in [1.54, 1.807) is 0 Å². The first kappa shape index (κ1) is 18.3. The van der Waals surface area contributed by atoms with Crippen molar-refractivity contribution in [3.63, 3.8) is 0 Å². The number of halogens is 1. The van der Waals surface area contributed by atoms with Gasteiger partial charge < -0.3 is 0 Å². The van der Waals surface area contributed by atoms with Crippen LogP contribution in [-0.2, 0) is 6.42 Å². The standard InChI is InChI=1S/C22H29Br/c1-2-3-4-5-6-7-8-9-10-19-11-13-20(14-12-19)21-15-17-22(23)18-16-21/h11-18H,2-10H2,1H3. The van der Waals surface area contributed by atoms with Gasteiger partial charge in [-0.15, -0.1) is 0 Å². The molecule has 0 bridgehead atoms. The van der Waals surface area contributed by atoms with Gasteiger partial charge in [0, 0.05) is 4.47 Å². The third-order valence-electron chi connectivity index (χ3n) is 4.45. The Balaban J connectivity index is 1.68. The molecule has 0 fully saturated rings. The predicted molar refractivity (Wildman–Crippen MR) is 106 cm³/mol. The van der Waals surface area contributed by atoms with Crippen LogP contribution in [0.3, 0.4) is 0 Å². The summed E-state index contributed by atoms with van der Waals surface area (Å²) in [5, 5.41) is 0. The van der Waals surface area contributed by atoms with Gasteiger partial charge in [-0.25, -0.2) is 0 Å². The van der Waals surface area contributed by atoms with Crippen molar-refractivity contribution in [2.24, 2.45) is 0 Å². The molecule has 0 radical (unpaired) electrons. The van der Waals surface area contributed by atoms with Gasteiger partial charge in [0.05, 0.1) is 0 Å². The van der Waals surface area contributed by atoms with Crippen LogP contribution >= 0.6 is 15.9 Å². The molecule has 1 heteroatoms. The SMILES string of the molecule is CCCCCCCCCCc1ccc(-c2ccc(Br)cc2)cc1. The monoisotopic (exact) mass is 372 g/mol. The van der Waals surface area contributed by atoms with E-state index >= 15 is 0 Å². The third-order valence-corrected chi connectivity index (χ3v) is 4.98. The maximum absolute atomic E-state index is 3.49. The Morgan fingerprint density at radius 1 is 0.609 bits per heavy atom. The molecule has 0 spiro atoms. The van der Waals surface area contributed by atoms with Gasteiger partial charge >= 0.3 is 0 Å². The molecule has 0 unspecified atom stereocenters. The van der Waals surface area contributed by atoms with Crippen LogP contribution in [0.15, 0.2) is 53.0 Å². The predicted octanol–water partition coefficient (Wildman–Crippen LogP) is 7.80. The minimum absolute atomic E-state index is 1.13. The van der Waals surface area contributed by atoms with E-state index in [1.807, 2.05) is 0 Å². The molecular weight excluding hydrogens is 344 g/mol. The lowest BCUT2D eigenvalue weighted by Gasteiger charge is -2.05. The number of hydrogen-bond donors (Lipinski definition) is 0. The summed E-state index contributed by atoms with van der Waals surface area (Å²) in [6.45, 7) is 2.28. The lowest BCUT2D eigenvalue weighted by atomic mass is 10.0. The molecule has 0 saturated heterocycles. The van der Waals surface area contributed by atoms with Crippen LogP contribution in [0, 0.1) is 0 Å². The number of rotatable bonds is 10. The highest BCUT2D eigenvalue weighted by Gasteiger charge is 1.99. The highest BCUT2D eigenvalue weighted by molar-refractivity contribution is 9.10. The molecule has 0 saturated carbocycles. The number of aryl methyl sites for hydroxylation is 1. The Hall–Kier alpha value is -1.08. The van der Waals surface area contributed by atoms with Gasteiger partial charge in [-0.05, 0) is 41.7 Å². The van der Waals surface area contributed by atoms with Gasteiger partial charge in [-0.1, -0.05) is 104 Å². The molecule has 124 valence electrons. The van der Waals surface area contributed by atoms with Gasteiger partial charge in [0.25, 0.3) is 0 Å². The summed E-state index contributed by atoms with van der Waals surface area (Å²) in [6.07, 6.45) is 12.3. The van der Waals surface area contributed by atoms with E-state index in [4.69, 9.17) is 0 Å². The van der Waals surface area contributed by atoms with Gasteiger partial charge in [0.2, 0.25) is 0 Å². The summed E-state index contributed by atoms with van der Waals surface area (Å²) >= 11 is 3.49. The fourth-order valence-electron chi connectivity index (χ4n) is 2.97. The molecular formula is C22H29Br. The Kier molecular flexibility index (Phi) is 8.46. The third kappa shape index (κ3) is 6.91. The zero-order chi connectivity index (χ0) is 16.3.